The smallest absolute Gasteiger partial charge is 0.313 e. The summed E-state index contributed by atoms with van der Waals surface area (Å²) in [5, 5.41) is 9.66. The van der Waals surface area contributed by atoms with Crippen LogP contribution in [0.2, 0.25) is 0 Å². The molecule has 2 unspecified atom stereocenters. The van der Waals surface area contributed by atoms with Gasteiger partial charge in [-0.3, -0.25) is 13.8 Å². The normalized spacial score (nSPS) is 15.1. The van der Waals surface area contributed by atoms with Crippen molar-refractivity contribution in [3.8, 4) is 5.75 Å². The van der Waals surface area contributed by atoms with Gasteiger partial charge in [0.1, 0.15) is 12.7 Å². The van der Waals surface area contributed by atoms with E-state index in [0.717, 1.165) is 17.9 Å². The van der Waals surface area contributed by atoms with Gasteiger partial charge in [0.15, 0.2) is 20.4 Å². The molecule has 11 nitrogen and oxygen atoms in total. The van der Waals surface area contributed by atoms with E-state index in [1.165, 1.54) is 6.07 Å². The number of hydrogen-bond acceptors (Lipinski definition) is 11. The molecule has 0 fully saturated rings. The molecule has 15 heteroatoms. The maximum atomic E-state index is 15.2. The average molecular weight is 656 g/mol. The lowest BCUT2D eigenvalue weighted by Gasteiger charge is -2.13. The van der Waals surface area contributed by atoms with Crippen molar-refractivity contribution in [3.63, 3.8) is 0 Å². The Morgan fingerprint density at radius 2 is 1.84 bits per heavy atom. The molecular weight excluding hydrogens is 626 g/mol. The maximum Gasteiger partial charge on any atom is 0.313 e. The van der Waals surface area contributed by atoms with Crippen molar-refractivity contribution >= 4 is 59.6 Å². The van der Waals surface area contributed by atoms with Gasteiger partial charge >= 0.3 is 11.9 Å². The van der Waals surface area contributed by atoms with Crippen LogP contribution in [0.5, 0.6) is 5.75 Å². The molecule has 0 radical (unpaired) electrons. The molecule has 1 aliphatic rings. The maximum absolute atomic E-state index is 15.2. The molecule has 0 spiro atoms. The average Bonchev–Trinajstić information content (AvgIpc) is 3.15. The Morgan fingerprint density at radius 3 is 2.42 bits per heavy atom. The molecule has 0 amide bonds. The fourth-order valence-corrected chi connectivity index (χ4v) is 6.36. The Morgan fingerprint density at radius 1 is 1.16 bits per heavy atom. The van der Waals surface area contributed by atoms with Crippen molar-refractivity contribution in [1.82, 2.24) is 0 Å². The van der Waals surface area contributed by atoms with E-state index in [2.05, 4.69) is 4.84 Å². The number of nitrogens with zero attached hydrogens (tertiary/aromatic N) is 1. The Kier molecular flexibility index (Phi) is 11.6. The largest absolute Gasteiger partial charge is 0.465 e. The Bertz CT molecular complexity index is 1600. The summed E-state index contributed by atoms with van der Waals surface area (Å²) in [5.74, 6) is -2.82. The second kappa shape index (κ2) is 14.8. The first-order valence-corrected chi connectivity index (χ1v) is 17.8. The Balaban J connectivity index is 1.95. The number of benzene rings is 2. The van der Waals surface area contributed by atoms with Crippen LogP contribution in [0.25, 0.3) is 17.2 Å². The fraction of sp³-hybridized carbons (Fsp3) is 0.357. The lowest BCUT2D eigenvalue weighted by Crippen LogP contribution is -2.23. The number of allylic oxidation sites excluding steroid dienone is 2. The van der Waals surface area contributed by atoms with E-state index in [9.17, 15) is 32.3 Å². The third-order valence-electron chi connectivity index (χ3n) is 6.34. The zero-order valence-corrected chi connectivity index (χ0v) is 26.2. The highest BCUT2D eigenvalue weighted by Crippen LogP contribution is 2.46. The van der Waals surface area contributed by atoms with Crippen molar-refractivity contribution in [1.29, 1.82) is 0 Å². The molecule has 2 aromatic carbocycles. The van der Waals surface area contributed by atoms with Gasteiger partial charge in [-0.2, -0.15) is 0 Å². The van der Waals surface area contributed by atoms with Crippen molar-refractivity contribution < 1.29 is 46.0 Å². The van der Waals surface area contributed by atoms with Crippen LogP contribution in [0.4, 0.5) is 4.39 Å². The summed E-state index contributed by atoms with van der Waals surface area (Å²) < 4.78 is 60.1. The Hall–Kier alpha value is -3.56. The number of carbonyl (C=O) groups is 2. The van der Waals surface area contributed by atoms with Gasteiger partial charge in [-0.15, -0.1) is 10.1 Å². The second-order valence-corrected chi connectivity index (χ2v) is 15.4. The lowest BCUT2D eigenvalue weighted by atomic mass is 10.00. The molecule has 1 aliphatic carbocycles. The minimum Gasteiger partial charge on any atom is -0.465 e. The summed E-state index contributed by atoms with van der Waals surface area (Å²) in [7, 11) is -3.82. The molecule has 3 rings (SSSR count). The molecule has 0 bridgehead atoms. The molecule has 0 aliphatic heterocycles. The third-order valence-corrected chi connectivity index (χ3v) is 9.82. The number of fused-ring (bicyclic) bond motifs is 1. The summed E-state index contributed by atoms with van der Waals surface area (Å²) in [5.41, 5.74) is 3.27. The van der Waals surface area contributed by atoms with Crippen LogP contribution in [0, 0.1) is 15.9 Å². The number of hydrogen-bond donors (Lipinski definition) is 0. The van der Waals surface area contributed by atoms with Gasteiger partial charge in [0, 0.05) is 34.0 Å². The van der Waals surface area contributed by atoms with Crippen LogP contribution in [-0.4, -0.2) is 60.6 Å². The van der Waals surface area contributed by atoms with Crippen molar-refractivity contribution in [2.45, 2.75) is 44.1 Å². The molecule has 0 saturated carbocycles. The van der Waals surface area contributed by atoms with E-state index in [-0.39, 0.29) is 25.2 Å². The van der Waals surface area contributed by atoms with Gasteiger partial charge in [-0.25, -0.2) is 12.8 Å². The highest BCUT2D eigenvalue weighted by molar-refractivity contribution is 8.71. The summed E-state index contributed by atoms with van der Waals surface area (Å²) in [6.07, 6.45) is 2.77. The van der Waals surface area contributed by atoms with Crippen molar-refractivity contribution in [2.75, 3.05) is 24.9 Å². The van der Waals surface area contributed by atoms with Crippen molar-refractivity contribution in [2.24, 2.45) is 0 Å². The molecule has 0 aromatic heterocycles. The molecule has 0 N–H and O–H groups in total. The number of esters is 2. The lowest BCUT2D eigenvalue weighted by molar-refractivity contribution is -0.768. The van der Waals surface area contributed by atoms with Crippen LogP contribution in [-0.2, 0) is 38.8 Å². The minimum atomic E-state index is -3.29. The zero-order valence-electron chi connectivity index (χ0n) is 23.8. The highest BCUT2D eigenvalue weighted by Gasteiger charge is 2.29. The Labute approximate surface area is 254 Å². The van der Waals surface area contributed by atoms with Crippen LogP contribution in [0.3, 0.4) is 0 Å². The predicted octanol–water partition coefficient (Wildman–Crippen LogP) is 4.80. The van der Waals surface area contributed by atoms with E-state index in [1.807, 2.05) is 0 Å². The number of ether oxygens (including phenoxy) is 2. The predicted molar refractivity (Wildman–Crippen MR) is 161 cm³/mol. The number of carbonyl (C=O) groups excluding carboxylic acids is 2. The second-order valence-electron chi connectivity index (χ2n) is 9.47. The van der Waals surface area contributed by atoms with Gasteiger partial charge < -0.3 is 14.3 Å². The van der Waals surface area contributed by atoms with Gasteiger partial charge in [0.05, 0.1) is 12.8 Å². The molecule has 43 heavy (non-hydrogen) atoms. The standard InChI is InChI=1S/C28H30FNO10S3/c1-5-19(40-30(33)34)13-28(32)39-26-15-24-21(12-18-6-8-20(9-7-18)42(3)35)17(2)22(23(24)14-25(26)29)16-27(31)38-10-11-41-43(4,36)37/h6-9,12,14-15,19H,5,10-11,13,16H2,1-4H3/b21-12-. The van der Waals surface area contributed by atoms with Crippen LogP contribution in [0.15, 0.2) is 46.9 Å². The van der Waals surface area contributed by atoms with E-state index in [1.54, 1.807) is 50.4 Å². The van der Waals surface area contributed by atoms with Gasteiger partial charge in [-0.05, 0) is 87.9 Å². The molecular formula is C28H30FNO10S3. The molecule has 2 aromatic rings. The summed E-state index contributed by atoms with van der Waals surface area (Å²) in [6.45, 7) is 3.20. The minimum absolute atomic E-state index is 0.0534. The highest BCUT2D eigenvalue weighted by atomic mass is 33.1. The quantitative estimate of drug-likeness (QED) is 0.0688. The first kappa shape index (κ1) is 33.9. The van der Waals surface area contributed by atoms with E-state index < -0.39 is 60.8 Å². The fourth-order valence-electron chi connectivity index (χ4n) is 4.27. The van der Waals surface area contributed by atoms with Gasteiger partial charge in [-0.1, -0.05) is 19.1 Å². The first-order valence-electron chi connectivity index (χ1n) is 12.9. The van der Waals surface area contributed by atoms with Crippen LogP contribution >= 0.6 is 10.8 Å². The topological polar surface area (TPSA) is 156 Å². The first-order chi connectivity index (χ1) is 20.2. The summed E-state index contributed by atoms with van der Waals surface area (Å²) >= 11 is 0. The van der Waals surface area contributed by atoms with E-state index in [0.29, 0.717) is 43.5 Å². The SMILES string of the molecule is CCC(CC(=O)Oc1cc2c(cc1F)C(CC(=O)OCCSS(C)(=O)=O)=C(C)/C2=C/c1ccc(S(C)=O)cc1)O[N+](=O)[O-]. The molecule has 2 atom stereocenters. The summed E-state index contributed by atoms with van der Waals surface area (Å²) in [4.78, 5) is 40.9. The third kappa shape index (κ3) is 9.73. The van der Waals surface area contributed by atoms with E-state index >= 15 is 4.39 Å². The van der Waals surface area contributed by atoms with Crippen LogP contribution < -0.4 is 4.74 Å². The number of halogens is 1. The molecule has 0 heterocycles. The van der Waals surface area contributed by atoms with Crippen LogP contribution in [0.1, 0.15) is 49.8 Å². The zero-order chi connectivity index (χ0) is 31.9. The van der Waals surface area contributed by atoms with Crippen molar-refractivity contribution in [3.05, 3.63) is 74.6 Å². The molecule has 0 saturated heterocycles. The van der Waals surface area contributed by atoms with Gasteiger partial charge in [0.25, 0.3) is 5.09 Å². The van der Waals surface area contributed by atoms with Gasteiger partial charge in [0.2, 0.25) is 0 Å². The van der Waals surface area contributed by atoms with E-state index in [4.69, 9.17) is 9.47 Å². The summed E-state index contributed by atoms with van der Waals surface area (Å²) in [6, 6.07) is 9.39. The molecule has 232 valence electrons. The number of rotatable bonds is 14. The monoisotopic (exact) mass is 655 g/mol.